The Bertz CT molecular complexity index is 536. The standard InChI is InChI=1S/C17H24N2O2/c1-12-9-13(16(18)20)11-14(10-12)19-15-3-2-4-17(15)5-7-21-8-6-17/h9-11,15,19H,2-8H2,1H3,(H2,18,20). The van der Waals surface area contributed by atoms with Gasteiger partial charge < -0.3 is 15.8 Å². The average molecular weight is 288 g/mol. The molecule has 0 bridgehead atoms. The molecule has 1 aliphatic carbocycles. The molecule has 2 fully saturated rings. The van der Waals surface area contributed by atoms with Gasteiger partial charge in [0.2, 0.25) is 5.91 Å². The number of nitrogens with one attached hydrogen (secondary N) is 1. The number of benzene rings is 1. The zero-order valence-corrected chi connectivity index (χ0v) is 12.7. The topological polar surface area (TPSA) is 64.3 Å². The maximum atomic E-state index is 11.4. The summed E-state index contributed by atoms with van der Waals surface area (Å²) in [5.41, 5.74) is 8.44. The van der Waals surface area contributed by atoms with Crippen molar-refractivity contribution in [3.63, 3.8) is 0 Å². The van der Waals surface area contributed by atoms with Gasteiger partial charge in [0.05, 0.1) is 0 Å². The number of primary amides is 1. The zero-order chi connectivity index (χ0) is 14.9. The molecule has 0 aromatic heterocycles. The quantitative estimate of drug-likeness (QED) is 0.899. The van der Waals surface area contributed by atoms with Gasteiger partial charge in [-0.05, 0) is 61.8 Å². The highest BCUT2D eigenvalue weighted by atomic mass is 16.5. The van der Waals surface area contributed by atoms with Crippen molar-refractivity contribution in [2.24, 2.45) is 11.1 Å². The van der Waals surface area contributed by atoms with Crippen molar-refractivity contribution in [3.8, 4) is 0 Å². The van der Waals surface area contributed by atoms with E-state index < -0.39 is 0 Å². The van der Waals surface area contributed by atoms with E-state index in [2.05, 4.69) is 11.4 Å². The van der Waals surface area contributed by atoms with Gasteiger partial charge in [-0.3, -0.25) is 4.79 Å². The van der Waals surface area contributed by atoms with Crippen molar-refractivity contribution in [2.45, 2.75) is 45.1 Å². The Balaban J connectivity index is 1.81. The first-order valence-electron chi connectivity index (χ1n) is 7.85. The summed E-state index contributed by atoms with van der Waals surface area (Å²) in [4.78, 5) is 11.4. The summed E-state index contributed by atoms with van der Waals surface area (Å²) in [6.45, 7) is 3.74. The third-order valence-corrected chi connectivity index (χ3v) is 5.10. The van der Waals surface area contributed by atoms with Crippen LogP contribution in [0.25, 0.3) is 0 Å². The lowest BCUT2D eigenvalue weighted by Crippen LogP contribution is -2.40. The van der Waals surface area contributed by atoms with Gasteiger partial charge in [-0.1, -0.05) is 6.42 Å². The largest absolute Gasteiger partial charge is 0.382 e. The fourth-order valence-corrected chi connectivity index (χ4v) is 3.95. The maximum absolute atomic E-state index is 11.4. The fraction of sp³-hybridized carbons (Fsp3) is 0.588. The lowest BCUT2D eigenvalue weighted by molar-refractivity contribution is 0.0134. The van der Waals surface area contributed by atoms with Crippen molar-refractivity contribution in [1.82, 2.24) is 0 Å². The molecule has 1 aliphatic heterocycles. The summed E-state index contributed by atoms with van der Waals surface area (Å²) in [5, 5.41) is 3.67. The molecule has 21 heavy (non-hydrogen) atoms. The molecule has 1 spiro atoms. The SMILES string of the molecule is Cc1cc(NC2CCCC23CCOCC3)cc(C(N)=O)c1. The van der Waals surface area contributed by atoms with Gasteiger partial charge in [0.25, 0.3) is 0 Å². The highest BCUT2D eigenvalue weighted by molar-refractivity contribution is 5.94. The van der Waals surface area contributed by atoms with Gasteiger partial charge >= 0.3 is 0 Å². The van der Waals surface area contributed by atoms with Gasteiger partial charge in [0, 0.05) is 30.5 Å². The summed E-state index contributed by atoms with van der Waals surface area (Å²) in [6, 6.07) is 6.29. The Kier molecular flexibility index (Phi) is 3.89. The Morgan fingerprint density at radius 3 is 2.76 bits per heavy atom. The predicted molar refractivity (Wildman–Crippen MR) is 83.4 cm³/mol. The summed E-state index contributed by atoms with van der Waals surface area (Å²) in [6.07, 6.45) is 6.02. The first-order chi connectivity index (χ1) is 10.1. The molecule has 1 saturated carbocycles. The van der Waals surface area contributed by atoms with E-state index in [9.17, 15) is 4.79 Å². The highest BCUT2D eigenvalue weighted by Crippen LogP contribution is 2.47. The minimum Gasteiger partial charge on any atom is -0.382 e. The number of nitrogens with two attached hydrogens (primary N) is 1. The molecule has 3 rings (SSSR count). The monoisotopic (exact) mass is 288 g/mol. The Morgan fingerprint density at radius 2 is 2.05 bits per heavy atom. The first-order valence-corrected chi connectivity index (χ1v) is 7.85. The van der Waals surface area contributed by atoms with Gasteiger partial charge in [-0.2, -0.15) is 0 Å². The average Bonchev–Trinajstić information content (AvgIpc) is 2.81. The van der Waals surface area contributed by atoms with Gasteiger partial charge in [-0.25, -0.2) is 0 Å². The van der Waals surface area contributed by atoms with Crippen molar-refractivity contribution < 1.29 is 9.53 Å². The van der Waals surface area contributed by atoms with E-state index >= 15 is 0 Å². The van der Waals surface area contributed by atoms with Crippen LogP contribution >= 0.6 is 0 Å². The van der Waals surface area contributed by atoms with Crippen LogP contribution in [0.4, 0.5) is 5.69 Å². The molecular weight excluding hydrogens is 264 g/mol. The van der Waals surface area contributed by atoms with Crippen LogP contribution in [-0.4, -0.2) is 25.2 Å². The van der Waals surface area contributed by atoms with E-state index in [-0.39, 0.29) is 5.91 Å². The molecule has 4 nitrogen and oxygen atoms in total. The molecule has 4 heteroatoms. The highest BCUT2D eigenvalue weighted by Gasteiger charge is 2.43. The van der Waals surface area contributed by atoms with Crippen LogP contribution in [0.3, 0.4) is 0 Å². The molecule has 1 heterocycles. The summed E-state index contributed by atoms with van der Waals surface area (Å²) < 4.78 is 5.54. The number of hydrogen-bond donors (Lipinski definition) is 2. The first kappa shape index (κ1) is 14.4. The molecule has 1 atom stereocenters. The van der Waals surface area contributed by atoms with Crippen LogP contribution in [0.1, 0.15) is 48.0 Å². The Morgan fingerprint density at radius 1 is 1.29 bits per heavy atom. The molecule has 1 aromatic carbocycles. The van der Waals surface area contributed by atoms with Crippen LogP contribution in [0.5, 0.6) is 0 Å². The minimum atomic E-state index is -0.367. The Hall–Kier alpha value is -1.55. The number of amides is 1. The second kappa shape index (κ2) is 5.68. The smallest absolute Gasteiger partial charge is 0.248 e. The zero-order valence-electron chi connectivity index (χ0n) is 12.7. The molecular formula is C17H24N2O2. The summed E-state index contributed by atoms with van der Waals surface area (Å²) in [5.74, 6) is -0.367. The number of ether oxygens (including phenoxy) is 1. The van der Waals surface area contributed by atoms with Gasteiger partial charge in [0.1, 0.15) is 0 Å². The van der Waals surface area contributed by atoms with Crippen molar-refractivity contribution in [3.05, 3.63) is 29.3 Å². The molecule has 1 saturated heterocycles. The van der Waals surface area contributed by atoms with Crippen LogP contribution < -0.4 is 11.1 Å². The predicted octanol–water partition coefficient (Wildman–Crippen LogP) is 2.86. The fourth-order valence-electron chi connectivity index (χ4n) is 3.95. The van der Waals surface area contributed by atoms with Crippen molar-refractivity contribution >= 4 is 11.6 Å². The number of carbonyl (C=O) groups is 1. The van der Waals surface area contributed by atoms with E-state index in [0.29, 0.717) is 17.0 Å². The number of rotatable bonds is 3. The van der Waals surface area contributed by atoms with E-state index in [1.165, 1.54) is 19.3 Å². The summed E-state index contributed by atoms with van der Waals surface area (Å²) >= 11 is 0. The van der Waals surface area contributed by atoms with Crippen LogP contribution in [-0.2, 0) is 4.74 Å². The van der Waals surface area contributed by atoms with E-state index in [0.717, 1.165) is 37.3 Å². The molecule has 114 valence electrons. The lowest BCUT2D eigenvalue weighted by atomic mass is 9.75. The van der Waals surface area contributed by atoms with E-state index in [4.69, 9.17) is 10.5 Å². The van der Waals surface area contributed by atoms with Gasteiger partial charge in [-0.15, -0.1) is 0 Å². The van der Waals surface area contributed by atoms with E-state index in [1.807, 2.05) is 19.1 Å². The number of carbonyl (C=O) groups excluding carboxylic acids is 1. The number of hydrogen-bond acceptors (Lipinski definition) is 3. The minimum absolute atomic E-state index is 0.367. The lowest BCUT2D eigenvalue weighted by Gasteiger charge is -2.39. The maximum Gasteiger partial charge on any atom is 0.248 e. The third kappa shape index (κ3) is 2.91. The second-order valence-corrected chi connectivity index (χ2v) is 6.52. The van der Waals surface area contributed by atoms with E-state index in [1.54, 1.807) is 0 Å². The van der Waals surface area contributed by atoms with Crippen molar-refractivity contribution in [1.29, 1.82) is 0 Å². The molecule has 2 aliphatic rings. The Labute approximate surface area is 126 Å². The van der Waals surface area contributed by atoms with Crippen LogP contribution in [0, 0.1) is 12.3 Å². The summed E-state index contributed by atoms with van der Waals surface area (Å²) in [7, 11) is 0. The third-order valence-electron chi connectivity index (χ3n) is 5.10. The molecule has 1 unspecified atom stereocenters. The molecule has 0 radical (unpaired) electrons. The normalized spacial score (nSPS) is 24.1. The van der Waals surface area contributed by atoms with Crippen molar-refractivity contribution in [2.75, 3.05) is 18.5 Å². The number of aryl methyl sites for hydroxylation is 1. The second-order valence-electron chi connectivity index (χ2n) is 6.52. The molecule has 1 amide bonds. The van der Waals surface area contributed by atoms with Crippen LogP contribution in [0.2, 0.25) is 0 Å². The molecule has 3 N–H and O–H groups in total. The molecule has 1 aromatic rings. The van der Waals surface area contributed by atoms with Crippen LogP contribution in [0.15, 0.2) is 18.2 Å². The number of anilines is 1. The van der Waals surface area contributed by atoms with Gasteiger partial charge in [0.15, 0.2) is 0 Å².